The number of rotatable bonds is 4. The average molecular weight is 273 g/mol. The first-order valence-electron chi connectivity index (χ1n) is 6.38. The third kappa shape index (κ3) is 3.12. The van der Waals surface area contributed by atoms with Gasteiger partial charge >= 0.3 is 0 Å². The van der Waals surface area contributed by atoms with Gasteiger partial charge in [-0.25, -0.2) is 4.39 Å². The Bertz CT molecular complexity index is 611. The van der Waals surface area contributed by atoms with E-state index in [4.69, 9.17) is 0 Å². The van der Waals surface area contributed by atoms with Crippen molar-refractivity contribution in [3.8, 4) is 0 Å². The summed E-state index contributed by atoms with van der Waals surface area (Å²) in [4.78, 5) is 16.3. The second kappa shape index (κ2) is 6.14. The van der Waals surface area contributed by atoms with Gasteiger partial charge in [-0.2, -0.15) is 0 Å². The molecule has 0 saturated carbocycles. The van der Waals surface area contributed by atoms with Gasteiger partial charge in [0.05, 0.1) is 23.1 Å². The third-order valence-corrected chi connectivity index (χ3v) is 2.78. The maximum Gasteiger partial charge on any atom is 0.257 e. The van der Waals surface area contributed by atoms with E-state index in [2.05, 4.69) is 15.6 Å². The molecule has 2 rings (SSSR count). The number of benzene rings is 1. The molecule has 1 amide bonds. The number of para-hydroxylation sites is 1. The van der Waals surface area contributed by atoms with Gasteiger partial charge in [-0.1, -0.05) is 6.07 Å². The lowest BCUT2D eigenvalue weighted by Crippen LogP contribution is -2.16. The molecule has 1 aromatic carbocycles. The second-order valence-electron chi connectivity index (χ2n) is 4.34. The number of nitrogens with zero attached hydrogens (tertiary/aromatic N) is 1. The van der Waals surface area contributed by atoms with Crippen LogP contribution in [0.5, 0.6) is 0 Å². The Hall–Kier alpha value is -2.43. The van der Waals surface area contributed by atoms with Crippen LogP contribution in [0.2, 0.25) is 0 Å². The van der Waals surface area contributed by atoms with Gasteiger partial charge in [0.2, 0.25) is 0 Å². The maximum atomic E-state index is 13.7. The van der Waals surface area contributed by atoms with E-state index >= 15 is 0 Å². The van der Waals surface area contributed by atoms with E-state index in [1.807, 2.05) is 13.8 Å². The van der Waals surface area contributed by atoms with E-state index in [0.29, 0.717) is 12.2 Å². The Morgan fingerprint density at radius 3 is 2.75 bits per heavy atom. The van der Waals surface area contributed by atoms with Gasteiger partial charge in [0.1, 0.15) is 5.82 Å². The molecule has 0 aliphatic rings. The highest BCUT2D eigenvalue weighted by Crippen LogP contribution is 2.21. The standard InChI is InChI=1S/C15H16FN3O/c1-3-17-14-12(5-4-6-13(14)16)15(20)19-11-8-7-10(2)18-9-11/h4-9,17H,3H2,1-2H3,(H,19,20). The largest absolute Gasteiger partial charge is 0.382 e. The summed E-state index contributed by atoms with van der Waals surface area (Å²) in [6, 6.07) is 7.97. The molecule has 20 heavy (non-hydrogen) atoms. The van der Waals surface area contributed by atoms with Gasteiger partial charge in [0.15, 0.2) is 0 Å². The zero-order valence-electron chi connectivity index (χ0n) is 11.4. The SMILES string of the molecule is CCNc1c(F)cccc1C(=O)Nc1ccc(C)nc1. The van der Waals surface area contributed by atoms with Gasteiger partial charge in [-0.15, -0.1) is 0 Å². The van der Waals surface area contributed by atoms with Crippen LogP contribution in [0.25, 0.3) is 0 Å². The number of carbonyl (C=O) groups is 1. The number of hydrogen-bond acceptors (Lipinski definition) is 3. The fourth-order valence-corrected chi connectivity index (χ4v) is 1.81. The number of carbonyl (C=O) groups excluding carboxylic acids is 1. The predicted molar refractivity (Wildman–Crippen MR) is 77.5 cm³/mol. The molecular formula is C15H16FN3O. The van der Waals surface area contributed by atoms with Crippen LogP contribution in [0.4, 0.5) is 15.8 Å². The van der Waals surface area contributed by atoms with Crippen molar-refractivity contribution in [1.29, 1.82) is 0 Å². The first kappa shape index (κ1) is 14.0. The van der Waals surface area contributed by atoms with Crippen molar-refractivity contribution in [3.05, 3.63) is 53.6 Å². The molecule has 0 radical (unpaired) electrons. The van der Waals surface area contributed by atoms with Crippen LogP contribution in [0.1, 0.15) is 23.0 Å². The maximum absolute atomic E-state index is 13.7. The number of aryl methyl sites for hydroxylation is 1. The summed E-state index contributed by atoms with van der Waals surface area (Å²) in [5, 5.41) is 5.57. The third-order valence-electron chi connectivity index (χ3n) is 2.78. The molecule has 4 nitrogen and oxygen atoms in total. The van der Waals surface area contributed by atoms with Crippen molar-refractivity contribution >= 4 is 17.3 Å². The van der Waals surface area contributed by atoms with Crippen molar-refractivity contribution < 1.29 is 9.18 Å². The van der Waals surface area contributed by atoms with Gasteiger partial charge in [-0.05, 0) is 38.1 Å². The molecule has 104 valence electrons. The van der Waals surface area contributed by atoms with Gasteiger partial charge in [-0.3, -0.25) is 9.78 Å². The molecule has 0 fully saturated rings. The van der Waals surface area contributed by atoms with E-state index in [9.17, 15) is 9.18 Å². The van der Waals surface area contributed by atoms with Crippen molar-refractivity contribution in [1.82, 2.24) is 4.98 Å². The zero-order chi connectivity index (χ0) is 14.5. The minimum atomic E-state index is -0.443. The van der Waals surface area contributed by atoms with E-state index in [-0.39, 0.29) is 17.2 Å². The fraction of sp³-hybridized carbons (Fsp3) is 0.200. The van der Waals surface area contributed by atoms with Crippen LogP contribution in [0.3, 0.4) is 0 Å². The van der Waals surface area contributed by atoms with E-state index in [1.165, 1.54) is 12.1 Å². The Morgan fingerprint density at radius 2 is 2.10 bits per heavy atom. The Kier molecular flexibility index (Phi) is 4.30. The highest BCUT2D eigenvalue weighted by molar-refractivity contribution is 6.08. The monoisotopic (exact) mass is 273 g/mol. The summed E-state index contributed by atoms with van der Waals surface area (Å²) in [6.07, 6.45) is 1.57. The van der Waals surface area contributed by atoms with E-state index < -0.39 is 5.82 Å². The van der Waals surface area contributed by atoms with Gasteiger partial charge in [0, 0.05) is 12.2 Å². The summed E-state index contributed by atoms with van der Waals surface area (Å²) in [7, 11) is 0. The number of halogens is 1. The minimum absolute atomic E-state index is 0.215. The number of pyridine rings is 1. The lowest BCUT2D eigenvalue weighted by Gasteiger charge is -2.12. The lowest BCUT2D eigenvalue weighted by molar-refractivity contribution is 0.102. The quantitative estimate of drug-likeness (QED) is 0.899. The summed E-state index contributed by atoms with van der Waals surface area (Å²) in [6.45, 7) is 4.24. The van der Waals surface area contributed by atoms with Crippen LogP contribution in [0, 0.1) is 12.7 Å². The number of hydrogen-bond donors (Lipinski definition) is 2. The molecule has 0 aliphatic carbocycles. The highest BCUT2D eigenvalue weighted by atomic mass is 19.1. The highest BCUT2D eigenvalue weighted by Gasteiger charge is 2.14. The minimum Gasteiger partial charge on any atom is -0.382 e. The molecule has 1 heterocycles. The number of amides is 1. The molecule has 0 aliphatic heterocycles. The Balaban J connectivity index is 2.25. The molecule has 0 saturated heterocycles. The zero-order valence-corrected chi connectivity index (χ0v) is 11.4. The normalized spacial score (nSPS) is 10.2. The molecule has 0 atom stereocenters. The van der Waals surface area contributed by atoms with Gasteiger partial charge in [0.25, 0.3) is 5.91 Å². The van der Waals surface area contributed by atoms with Crippen molar-refractivity contribution in [2.24, 2.45) is 0 Å². The lowest BCUT2D eigenvalue weighted by atomic mass is 10.1. The fourth-order valence-electron chi connectivity index (χ4n) is 1.81. The van der Waals surface area contributed by atoms with Crippen LogP contribution >= 0.6 is 0 Å². The summed E-state index contributed by atoms with van der Waals surface area (Å²) >= 11 is 0. The topological polar surface area (TPSA) is 54.0 Å². The van der Waals surface area contributed by atoms with Crippen LogP contribution in [0.15, 0.2) is 36.5 Å². The van der Waals surface area contributed by atoms with Crippen LogP contribution in [-0.2, 0) is 0 Å². The van der Waals surface area contributed by atoms with Crippen molar-refractivity contribution in [2.45, 2.75) is 13.8 Å². The van der Waals surface area contributed by atoms with Crippen molar-refractivity contribution in [2.75, 3.05) is 17.2 Å². The molecule has 0 spiro atoms. The molecule has 2 aromatic rings. The Labute approximate surface area is 117 Å². The van der Waals surface area contributed by atoms with Crippen LogP contribution < -0.4 is 10.6 Å². The molecule has 5 heteroatoms. The Morgan fingerprint density at radius 1 is 1.30 bits per heavy atom. The summed E-state index contributed by atoms with van der Waals surface area (Å²) < 4.78 is 13.7. The first-order chi connectivity index (χ1) is 9.61. The summed E-state index contributed by atoms with van der Waals surface area (Å²) in [5.41, 5.74) is 1.93. The van der Waals surface area contributed by atoms with Crippen LogP contribution in [-0.4, -0.2) is 17.4 Å². The number of aromatic nitrogens is 1. The van der Waals surface area contributed by atoms with E-state index in [1.54, 1.807) is 24.4 Å². The molecular weight excluding hydrogens is 257 g/mol. The molecule has 1 aromatic heterocycles. The molecule has 0 bridgehead atoms. The molecule has 2 N–H and O–H groups in total. The number of anilines is 2. The second-order valence-corrected chi connectivity index (χ2v) is 4.34. The first-order valence-corrected chi connectivity index (χ1v) is 6.38. The number of nitrogens with one attached hydrogen (secondary N) is 2. The average Bonchev–Trinajstić information content (AvgIpc) is 2.43. The predicted octanol–water partition coefficient (Wildman–Crippen LogP) is 3.21. The van der Waals surface area contributed by atoms with Crippen molar-refractivity contribution in [3.63, 3.8) is 0 Å². The van der Waals surface area contributed by atoms with E-state index in [0.717, 1.165) is 5.69 Å². The van der Waals surface area contributed by atoms with Gasteiger partial charge < -0.3 is 10.6 Å². The molecule has 0 unspecified atom stereocenters. The smallest absolute Gasteiger partial charge is 0.257 e. The summed E-state index contributed by atoms with van der Waals surface area (Å²) in [5.74, 6) is -0.812.